The Morgan fingerprint density at radius 2 is 1.96 bits per heavy atom. The minimum atomic E-state index is -0.251. The van der Waals surface area contributed by atoms with E-state index in [1.165, 1.54) is 0 Å². The Labute approximate surface area is 150 Å². The summed E-state index contributed by atoms with van der Waals surface area (Å²) in [6.45, 7) is 9.46. The number of nitrogens with one attached hydrogen (secondary N) is 2. The quantitative estimate of drug-likeness (QED) is 0.625. The van der Waals surface area contributed by atoms with Crippen molar-refractivity contribution >= 4 is 5.96 Å². The first-order valence-electron chi connectivity index (χ1n) is 8.47. The molecule has 2 aromatic rings. The molecule has 136 valence electrons. The van der Waals surface area contributed by atoms with E-state index in [2.05, 4.69) is 45.8 Å². The third kappa shape index (κ3) is 5.06. The van der Waals surface area contributed by atoms with Crippen LogP contribution in [0, 0.1) is 13.8 Å². The van der Waals surface area contributed by atoms with Crippen LogP contribution in [0.5, 0.6) is 0 Å². The van der Waals surface area contributed by atoms with Crippen LogP contribution in [0.15, 0.2) is 35.3 Å². The summed E-state index contributed by atoms with van der Waals surface area (Å²) in [5.74, 6) is 0.744. The average Bonchev–Trinajstić information content (AvgIpc) is 2.93. The van der Waals surface area contributed by atoms with Gasteiger partial charge in [0.2, 0.25) is 0 Å². The van der Waals surface area contributed by atoms with Gasteiger partial charge in [-0.05, 0) is 45.4 Å². The normalized spacial score (nSPS) is 12.3. The van der Waals surface area contributed by atoms with Crippen molar-refractivity contribution in [1.82, 2.24) is 20.4 Å². The molecular weight excluding hydrogens is 314 g/mol. The predicted octanol–water partition coefficient (Wildman–Crippen LogP) is 2.58. The van der Waals surface area contributed by atoms with E-state index < -0.39 is 0 Å². The van der Waals surface area contributed by atoms with Gasteiger partial charge in [-0.25, -0.2) is 4.68 Å². The molecule has 0 saturated heterocycles. The van der Waals surface area contributed by atoms with E-state index in [0.29, 0.717) is 13.1 Å². The van der Waals surface area contributed by atoms with E-state index >= 15 is 0 Å². The third-order valence-electron chi connectivity index (χ3n) is 4.13. The highest BCUT2D eigenvalue weighted by Gasteiger charge is 2.16. The number of methoxy groups -OCH3 is 1. The molecule has 1 aromatic heterocycles. The molecule has 0 aliphatic heterocycles. The fourth-order valence-electron chi connectivity index (χ4n) is 2.51. The highest BCUT2D eigenvalue weighted by molar-refractivity contribution is 5.79. The monoisotopic (exact) mass is 343 g/mol. The Morgan fingerprint density at radius 3 is 2.56 bits per heavy atom. The number of aliphatic imine (C=N–C) groups is 1. The number of para-hydroxylation sites is 1. The molecule has 6 nitrogen and oxygen atoms in total. The van der Waals surface area contributed by atoms with Crippen LogP contribution in [0.1, 0.15) is 30.8 Å². The molecule has 0 aliphatic rings. The van der Waals surface area contributed by atoms with Crippen molar-refractivity contribution in [2.75, 3.05) is 20.7 Å². The van der Waals surface area contributed by atoms with Gasteiger partial charge in [0.1, 0.15) is 0 Å². The Bertz CT molecular complexity index is 733. The first-order valence-corrected chi connectivity index (χ1v) is 8.47. The van der Waals surface area contributed by atoms with Crippen molar-refractivity contribution in [2.24, 2.45) is 4.99 Å². The van der Waals surface area contributed by atoms with Gasteiger partial charge in [-0.15, -0.1) is 0 Å². The second-order valence-corrected chi connectivity index (χ2v) is 6.71. The van der Waals surface area contributed by atoms with Crippen LogP contribution in [-0.2, 0) is 11.3 Å². The zero-order valence-corrected chi connectivity index (χ0v) is 16.1. The average molecular weight is 343 g/mol. The van der Waals surface area contributed by atoms with Crippen molar-refractivity contribution in [3.8, 4) is 5.69 Å². The lowest BCUT2D eigenvalue weighted by Gasteiger charge is -2.24. The number of rotatable bonds is 6. The summed E-state index contributed by atoms with van der Waals surface area (Å²) < 4.78 is 7.41. The lowest BCUT2D eigenvalue weighted by atomic mass is 10.1. The van der Waals surface area contributed by atoms with E-state index in [1.807, 2.05) is 37.6 Å². The lowest BCUT2D eigenvalue weighted by molar-refractivity contribution is 0.0268. The van der Waals surface area contributed by atoms with Gasteiger partial charge in [0.25, 0.3) is 0 Å². The summed E-state index contributed by atoms with van der Waals surface area (Å²) in [6, 6.07) is 10.3. The summed E-state index contributed by atoms with van der Waals surface area (Å²) in [7, 11) is 3.48. The van der Waals surface area contributed by atoms with E-state index in [9.17, 15) is 0 Å². The Balaban J connectivity index is 2.09. The van der Waals surface area contributed by atoms with Crippen molar-refractivity contribution in [2.45, 2.75) is 39.8 Å². The Kier molecular flexibility index (Phi) is 6.20. The smallest absolute Gasteiger partial charge is 0.191 e. The highest BCUT2D eigenvalue weighted by atomic mass is 16.5. The van der Waals surface area contributed by atoms with Gasteiger partial charge in [-0.3, -0.25) is 4.99 Å². The fraction of sp³-hybridized carbons (Fsp3) is 0.474. The molecule has 0 saturated carbocycles. The van der Waals surface area contributed by atoms with Crippen LogP contribution in [0.4, 0.5) is 0 Å². The fourth-order valence-corrected chi connectivity index (χ4v) is 2.51. The first kappa shape index (κ1) is 19.0. The molecule has 0 aliphatic carbocycles. The summed E-state index contributed by atoms with van der Waals surface area (Å²) >= 11 is 0. The molecule has 2 rings (SSSR count). The maximum absolute atomic E-state index is 5.43. The number of hydrogen-bond acceptors (Lipinski definition) is 3. The molecule has 0 bridgehead atoms. The van der Waals surface area contributed by atoms with Gasteiger partial charge in [0.15, 0.2) is 5.96 Å². The maximum Gasteiger partial charge on any atom is 0.191 e. The molecular formula is C19H29N5O. The molecule has 1 aromatic carbocycles. The Morgan fingerprint density at radius 1 is 1.24 bits per heavy atom. The second-order valence-electron chi connectivity index (χ2n) is 6.71. The van der Waals surface area contributed by atoms with Crippen molar-refractivity contribution in [1.29, 1.82) is 0 Å². The van der Waals surface area contributed by atoms with Crippen LogP contribution >= 0.6 is 0 Å². The van der Waals surface area contributed by atoms with Gasteiger partial charge in [0.05, 0.1) is 17.0 Å². The van der Waals surface area contributed by atoms with Gasteiger partial charge >= 0.3 is 0 Å². The largest absolute Gasteiger partial charge is 0.377 e. The van der Waals surface area contributed by atoms with Gasteiger partial charge in [-0.1, -0.05) is 18.2 Å². The number of aryl methyl sites for hydroxylation is 2. The van der Waals surface area contributed by atoms with Crippen LogP contribution in [0.25, 0.3) is 5.69 Å². The summed E-state index contributed by atoms with van der Waals surface area (Å²) in [5, 5.41) is 11.3. The number of benzene rings is 1. The number of aromatic nitrogens is 2. The van der Waals surface area contributed by atoms with Gasteiger partial charge in [0, 0.05) is 32.9 Å². The molecule has 0 spiro atoms. The van der Waals surface area contributed by atoms with E-state index in [0.717, 1.165) is 28.6 Å². The first-order chi connectivity index (χ1) is 11.9. The van der Waals surface area contributed by atoms with Crippen molar-refractivity contribution < 1.29 is 4.74 Å². The van der Waals surface area contributed by atoms with Gasteiger partial charge < -0.3 is 15.4 Å². The highest BCUT2D eigenvalue weighted by Crippen LogP contribution is 2.16. The number of nitrogens with zero attached hydrogens (tertiary/aromatic N) is 3. The molecule has 25 heavy (non-hydrogen) atoms. The zero-order valence-electron chi connectivity index (χ0n) is 16.1. The molecule has 6 heteroatoms. The molecule has 0 amide bonds. The topological polar surface area (TPSA) is 63.5 Å². The molecule has 2 N–H and O–H groups in total. The van der Waals surface area contributed by atoms with E-state index in [4.69, 9.17) is 4.74 Å². The van der Waals surface area contributed by atoms with Crippen molar-refractivity contribution in [3.05, 3.63) is 47.3 Å². The summed E-state index contributed by atoms with van der Waals surface area (Å²) in [5.41, 5.74) is 4.11. The molecule has 0 atom stereocenters. The van der Waals surface area contributed by atoms with E-state index in [-0.39, 0.29) is 5.60 Å². The standard InChI is InChI=1S/C19H29N5O/c1-14-11-15(2)24(23-14)17-10-8-7-9-16(17)12-21-18(20-5)22-13-19(3,4)25-6/h7-11H,12-13H2,1-6H3,(H2,20,21,22). The number of ether oxygens (including phenoxy) is 1. The lowest BCUT2D eigenvalue weighted by Crippen LogP contribution is -2.45. The predicted molar refractivity (Wildman–Crippen MR) is 102 cm³/mol. The van der Waals surface area contributed by atoms with Crippen LogP contribution in [0.2, 0.25) is 0 Å². The molecule has 1 heterocycles. The minimum Gasteiger partial charge on any atom is -0.377 e. The molecule has 0 fully saturated rings. The summed E-state index contributed by atoms with van der Waals surface area (Å²) in [6.07, 6.45) is 0. The van der Waals surface area contributed by atoms with Crippen LogP contribution in [-0.4, -0.2) is 42.0 Å². The number of guanidine groups is 1. The zero-order chi connectivity index (χ0) is 18.4. The van der Waals surface area contributed by atoms with E-state index in [1.54, 1.807) is 14.2 Å². The molecule has 0 unspecified atom stereocenters. The number of hydrogen-bond donors (Lipinski definition) is 2. The molecule has 0 radical (unpaired) electrons. The van der Waals surface area contributed by atoms with Crippen LogP contribution < -0.4 is 10.6 Å². The van der Waals surface area contributed by atoms with Crippen molar-refractivity contribution in [3.63, 3.8) is 0 Å². The maximum atomic E-state index is 5.43. The minimum absolute atomic E-state index is 0.251. The summed E-state index contributed by atoms with van der Waals surface area (Å²) in [4.78, 5) is 4.28. The SMILES string of the molecule is CN=C(NCc1ccccc1-n1nc(C)cc1C)NCC(C)(C)OC. The van der Waals surface area contributed by atoms with Gasteiger partial charge in [-0.2, -0.15) is 5.10 Å². The Hall–Kier alpha value is -2.34. The third-order valence-corrected chi connectivity index (χ3v) is 4.13. The van der Waals surface area contributed by atoms with Crippen LogP contribution in [0.3, 0.4) is 0 Å². The second kappa shape index (κ2) is 8.16.